The number of amides is 1. The summed E-state index contributed by atoms with van der Waals surface area (Å²) >= 11 is 0. The summed E-state index contributed by atoms with van der Waals surface area (Å²) in [6.07, 6.45) is 2.07. The maximum absolute atomic E-state index is 12.1. The molecule has 1 saturated heterocycles. The maximum atomic E-state index is 12.1. The molecule has 3 N–H and O–H groups in total. The Morgan fingerprint density at radius 3 is 2.64 bits per heavy atom. The third-order valence-corrected chi connectivity index (χ3v) is 5.07. The van der Waals surface area contributed by atoms with Crippen molar-refractivity contribution in [3.8, 4) is 0 Å². The largest absolute Gasteiger partial charge is 0.348 e. The average molecular weight is 325 g/mol. The average Bonchev–Trinajstić information content (AvgIpc) is 2.54. The van der Waals surface area contributed by atoms with E-state index in [1.54, 1.807) is 31.2 Å². The summed E-state index contributed by atoms with van der Waals surface area (Å²) in [5, 5.41) is 6.26. The fourth-order valence-electron chi connectivity index (χ4n) is 2.31. The molecular formula is C15H23N3O3S. The number of benzene rings is 1. The van der Waals surface area contributed by atoms with Crippen LogP contribution in [0.5, 0.6) is 0 Å². The Kier molecular flexibility index (Phi) is 5.93. The molecule has 1 aromatic carbocycles. The molecule has 7 heteroatoms. The molecule has 1 atom stereocenters. The lowest BCUT2D eigenvalue weighted by Gasteiger charge is -2.23. The van der Waals surface area contributed by atoms with Crippen LogP contribution in [0, 0.1) is 0 Å². The number of rotatable bonds is 6. The van der Waals surface area contributed by atoms with E-state index in [0.29, 0.717) is 5.56 Å². The summed E-state index contributed by atoms with van der Waals surface area (Å²) in [4.78, 5) is 12.1. The highest BCUT2D eigenvalue weighted by Gasteiger charge is 2.16. The summed E-state index contributed by atoms with van der Waals surface area (Å²) in [6, 6.07) is 7.16. The number of hydrogen-bond donors (Lipinski definition) is 3. The number of piperidine rings is 1. The van der Waals surface area contributed by atoms with E-state index in [4.69, 9.17) is 0 Å². The molecule has 0 aromatic heterocycles. The Morgan fingerprint density at radius 1 is 1.32 bits per heavy atom. The molecule has 2 rings (SSSR count). The van der Waals surface area contributed by atoms with Gasteiger partial charge in [-0.1, -0.05) is 12.1 Å². The van der Waals surface area contributed by atoms with Crippen molar-refractivity contribution in [2.24, 2.45) is 0 Å². The molecule has 22 heavy (non-hydrogen) atoms. The number of hydrogen-bond acceptors (Lipinski definition) is 4. The number of nitrogens with one attached hydrogen (secondary N) is 3. The quantitative estimate of drug-likeness (QED) is 0.715. The Labute approximate surface area is 131 Å². The molecule has 0 aliphatic carbocycles. The van der Waals surface area contributed by atoms with Crippen LogP contribution in [0.4, 0.5) is 0 Å². The monoisotopic (exact) mass is 325 g/mol. The molecule has 1 amide bonds. The van der Waals surface area contributed by atoms with Gasteiger partial charge in [-0.25, -0.2) is 13.1 Å². The van der Waals surface area contributed by atoms with Gasteiger partial charge in [0.25, 0.3) is 5.91 Å². The third kappa shape index (κ3) is 5.08. The molecule has 1 fully saturated rings. The van der Waals surface area contributed by atoms with Crippen molar-refractivity contribution in [3.05, 3.63) is 35.4 Å². The lowest BCUT2D eigenvalue weighted by Crippen LogP contribution is -2.45. The van der Waals surface area contributed by atoms with Crippen LogP contribution in [0.2, 0.25) is 0 Å². The van der Waals surface area contributed by atoms with Gasteiger partial charge >= 0.3 is 0 Å². The summed E-state index contributed by atoms with van der Waals surface area (Å²) in [6.45, 7) is 3.65. The molecule has 1 unspecified atom stereocenters. The molecule has 0 bridgehead atoms. The minimum atomic E-state index is -3.20. The fourth-order valence-corrected chi connectivity index (χ4v) is 2.90. The van der Waals surface area contributed by atoms with Crippen LogP contribution >= 0.6 is 0 Å². The topological polar surface area (TPSA) is 87.3 Å². The second-order valence-corrected chi connectivity index (χ2v) is 7.53. The zero-order valence-corrected chi connectivity index (χ0v) is 13.6. The van der Waals surface area contributed by atoms with Crippen molar-refractivity contribution >= 4 is 15.9 Å². The van der Waals surface area contributed by atoms with E-state index in [2.05, 4.69) is 15.4 Å². The summed E-state index contributed by atoms with van der Waals surface area (Å²) in [5.74, 6) is -0.0301. The molecule has 1 aromatic rings. The van der Waals surface area contributed by atoms with Crippen molar-refractivity contribution in [2.75, 3.05) is 18.8 Å². The summed E-state index contributed by atoms with van der Waals surface area (Å²) in [5.41, 5.74) is 1.42. The molecule has 0 radical (unpaired) electrons. The predicted octanol–water partition coefficient (Wildman–Crippen LogP) is 0.608. The first-order chi connectivity index (χ1) is 10.5. The highest BCUT2D eigenvalue weighted by atomic mass is 32.2. The second kappa shape index (κ2) is 7.71. The van der Waals surface area contributed by atoms with Crippen LogP contribution in [-0.4, -0.2) is 39.2 Å². The first-order valence-electron chi connectivity index (χ1n) is 7.58. The standard InChI is InChI=1S/C15H23N3O3S/c1-2-22(20,21)17-10-12-5-7-13(8-6-12)15(19)18-14-4-3-9-16-11-14/h5-8,14,16-17H,2-4,9-11H2,1H3,(H,18,19). The van der Waals surface area contributed by atoms with Gasteiger partial charge in [0.1, 0.15) is 0 Å². The van der Waals surface area contributed by atoms with Gasteiger partial charge in [0.15, 0.2) is 0 Å². The van der Waals surface area contributed by atoms with Crippen molar-refractivity contribution < 1.29 is 13.2 Å². The highest BCUT2D eigenvalue weighted by molar-refractivity contribution is 7.89. The number of sulfonamides is 1. The van der Waals surface area contributed by atoms with Crippen LogP contribution in [0.3, 0.4) is 0 Å². The Balaban J connectivity index is 1.89. The third-order valence-electron chi connectivity index (χ3n) is 3.72. The minimum absolute atomic E-state index is 0.0584. The Bertz CT molecular complexity index is 593. The molecule has 1 heterocycles. The lowest BCUT2D eigenvalue weighted by molar-refractivity contribution is 0.0930. The van der Waals surface area contributed by atoms with Crippen LogP contribution in [-0.2, 0) is 16.6 Å². The summed E-state index contributed by atoms with van der Waals surface area (Å²) < 4.78 is 25.3. The van der Waals surface area contributed by atoms with E-state index in [9.17, 15) is 13.2 Å². The van der Waals surface area contributed by atoms with Gasteiger partial charge in [-0.15, -0.1) is 0 Å². The van der Waals surface area contributed by atoms with Crippen LogP contribution in [0.25, 0.3) is 0 Å². The van der Waals surface area contributed by atoms with Gasteiger partial charge in [-0.2, -0.15) is 0 Å². The van der Waals surface area contributed by atoms with Crippen molar-refractivity contribution in [1.29, 1.82) is 0 Å². The van der Waals surface area contributed by atoms with Gasteiger partial charge < -0.3 is 10.6 Å². The first-order valence-corrected chi connectivity index (χ1v) is 9.23. The number of carbonyl (C=O) groups is 1. The van der Waals surface area contributed by atoms with E-state index >= 15 is 0 Å². The van der Waals surface area contributed by atoms with Crippen LogP contribution in [0.1, 0.15) is 35.7 Å². The molecule has 0 spiro atoms. The van der Waals surface area contributed by atoms with Gasteiger partial charge in [0, 0.05) is 24.7 Å². The zero-order valence-electron chi connectivity index (χ0n) is 12.8. The molecule has 0 saturated carbocycles. The minimum Gasteiger partial charge on any atom is -0.348 e. The second-order valence-electron chi connectivity index (χ2n) is 5.44. The fraction of sp³-hybridized carbons (Fsp3) is 0.533. The van der Waals surface area contributed by atoms with Crippen molar-refractivity contribution in [2.45, 2.75) is 32.4 Å². The Hall–Kier alpha value is -1.44. The van der Waals surface area contributed by atoms with Crippen molar-refractivity contribution in [3.63, 3.8) is 0 Å². The van der Waals surface area contributed by atoms with E-state index in [0.717, 1.165) is 31.5 Å². The Morgan fingerprint density at radius 2 is 2.05 bits per heavy atom. The van der Waals surface area contributed by atoms with Gasteiger partial charge in [0.2, 0.25) is 10.0 Å². The highest BCUT2D eigenvalue weighted by Crippen LogP contribution is 2.07. The zero-order chi connectivity index (χ0) is 16.0. The lowest BCUT2D eigenvalue weighted by atomic mass is 10.1. The van der Waals surface area contributed by atoms with E-state index < -0.39 is 10.0 Å². The van der Waals surface area contributed by atoms with E-state index in [1.165, 1.54) is 0 Å². The van der Waals surface area contributed by atoms with Gasteiger partial charge in [-0.05, 0) is 44.0 Å². The molecule has 6 nitrogen and oxygen atoms in total. The van der Waals surface area contributed by atoms with E-state index in [-0.39, 0.29) is 24.2 Å². The van der Waals surface area contributed by atoms with Crippen molar-refractivity contribution in [1.82, 2.24) is 15.4 Å². The number of carbonyl (C=O) groups excluding carboxylic acids is 1. The molecular weight excluding hydrogens is 302 g/mol. The molecule has 1 aliphatic rings. The van der Waals surface area contributed by atoms with E-state index in [1.807, 2.05) is 0 Å². The summed E-state index contributed by atoms with van der Waals surface area (Å²) in [7, 11) is -3.20. The van der Waals surface area contributed by atoms with Gasteiger partial charge in [-0.3, -0.25) is 4.79 Å². The smallest absolute Gasteiger partial charge is 0.251 e. The predicted molar refractivity (Wildman–Crippen MR) is 86.1 cm³/mol. The normalized spacial score (nSPS) is 18.9. The van der Waals surface area contributed by atoms with Gasteiger partial charge in [0.05, 0.1) is 5.75 Å². The molecule has 1 aliphatic heterocycles. The SMILES string of the molecule is CCS(=O)(=O)NCc1ccc(C(=O)NC2CCCNC2)cc1. The first kappa shape index (κ1) is 16.9. The van der Waals surface area contributed by atoms with Crippen LogP contribution < -0.4 is 15.4 Å². The molecule has 122 valence electrons. The maximum Gasteiger partial charge on any atom is 0.251 e. The van der Waals surface area contributed by atoms with Crippen LogP contribution in [0.15, 0.2) is 24.3 Å².